The van der Waals surface area contributed by atoms with Gasteiger partial charge in [-0.05, 0) is 61.3 Å². The highest BCUT2D eigenvalue weighted by molar-refractivity contribution is 5.93. The predicted molar refractivity (Wildman–Crippen MR) is 119 cm³/mol. The first kappa shape index (κ1) is 22.1. The molecule has 168 valence electrons. The summed E-state index contributed by atoms with van der Waals surface area (Å²) in [6, 6.07) is 16.2. The quantitative estimate of drug-likeness (QED) is 0.541. The minimum absolute atomic E-state index is 0.0515. The van der Waals surface area contributed by atoms with E-state index in [-0.39, 0.29) is 29.1 Å². The van der Waals surface area contributed by atoms with Crippen LogP contribution in [0.2, 0.25) is 0 Å². The van der Waals surface area contributed by atoms with Gasteiger partial charge < -0.3 is 11.1 Å². The summed E-state index contributed by atoms with van der Waals surface area (Å²) < 4.78 is 39.3. The van der Waals surface area contributed by atoms with E-state index in [1.165, 1.54) is 0 Å². The van der Waals surface area contributed by atoms with E-state index in [1.54, 1.807) is 12.1 Å². The van der Waals surface area contributed by atoms with Gasteiger partial charge in [-0.1, -0.05) is 42.5 Å². The number of hydrogen-bond donors (Lipinski definition) is 2. The maximum atomic E-state index is 13.1. The van der Waals surface area contributed by atoms with Crippen LogP contribution in [0, 0.1) is 0 Å². The summed E-state index contributed by atoms with van der Waals surface area (Å²) >= 11 is 0. The highest BCUT2D eigenvalue weighted by atomic mass is 19.4. The van der Waals surface area contributed by atoms with Gasteiger partial charge in [-0.3, -0.25) is 4.79 Å². The molecule has 4 nitrogen and oxygen atoms in total. The van der Waals surface area contributed by atoms with Crippen LogP contribution in [-0.4, -0.2) is 16.9 Å². The van der Waals surface area contributed by atoms with Crippen LogP contribution in [0.4, 0.5) is 18.9 Å². The summed E-state index contributed by atoms with van der Waals surface area (Å²) in [7, 11) is 0. The molecule has 1 heterocycles. The molecule has 1 aliphatic carbocycles. The number of aryl methyl sites for hydroxylation is 1. The van der Waals surface area contributed by atoms with E-state index in [2.05, 4.69) is 10.3 Å². The van der Waals surface area contributed by atoms with Crippen molar-refractivity contribution in [3.8, 4) is 0 Å². The molecule has 0 saturated heterocycles. The molecule has 1 fully saturated rings. The summed E-state index contributed by atoms with van der Waals surface area (Å²) in [5.41, 5.74) is 7.52. The van der Waals surface area contributed by atoms with Gasteiger partial charge in [-0.15, -0.1) is 0 Å². The van der Waals surface area contributed by atoms with Gasteiger partial charge in [0.1, 0.15) is 5.69 Å². The van der Waals surface area contributed by atoms with Gasteiger partial charge in [0.2, 0.25) is 5.91 Å². The number of nitrogen functional groups attached to an aromatic ring is 1. The van der Waals surface area contributed by atoms with E-state index >= 15 is 0 Å². The highest BCUT2D eigenvalue weighted by Crippen LogP contribution is 2.39. The molecule has 0 unspecified atom stereocenters. The Morgan fingerprint density at radius 3 is 2.44 bits per heavy atom. The molecule has 3 N–H and O–H groups in total. The fourth-order valence-corrected chi connectivity index (χ4v) is 4.58. The maximum Gasteiger partial charge on any atom is 0.433 e. The van der Waals surface area contributed by atoms with Crippen molar-refractivity contribution in [2.24, 2.45) is 0 Å². The van der Waals surface area contributed by atoms with Crippen LogP contribution >= 0.6 is 0 Å². The monoisotopic (exact) mass is 441 g/mol. The third kappa shape index (κ3) is 5.03. The van der Waals surface area contributed by atoms with Crippen molar-refractivity contribution in [1.29, 1.82) is 0 Å². The first-order valence-corrected chi connectivity index (χ1v) is 10.9. The molecule has 4 rings (SSSR count). The number of hydrogen-bond acceptors (Lipinski definition) is 3. The topological polar surface area (TPSA) is 68.0 Å². The lowest BCUT2D eigenvalue weighted by molar-refractivity contribution is -0.140. The average Bonchev–Trinajstić information content (AvgIpc) is 2.78. The van der Waals surface area contributed by atoms with Gasteiger partial charge in [0.25, 0.3) is 0 Å². The van der Waals surface area contributed by atoms with Crippen molar-refractivity contribution >= 4 is 22.5 Å². The first-order chi connectivity index (χ1) is 15.3. The van der Waals surface area contributed by atoms with Crippen molar-refractivity contribution in [3.05, 3.63) is 71.4 Å². The van der Waals surface area contributed by atoms with Gasteiger partial charge in [0.15, 0.2) is 0 Å². The Bertz CT molecular complexity index is 1090. The second-order valence-electron chi connectivity index (χ2n) is 8.44. The molecule has 0 bridgehead atoms. The molecule has 0 radical (unpaired) electrons. The predicted octanol–water partition coefficient (Wildman–Crippen LogP) is 5.61. The number of anilines is 1. The Kier molecular flexibility index (Phi) is 6.35. The number of nitrogens with two attached hydrogens (primary N) is 1. The van der Waals surface area contributed by atoms with E-state index < -0.39 is 11.9 Å². The van der Waals surface area contributed by atoms with E-state index in [0.717, 1.165) is 42.9 Å². The van der Waals surface area contributed by atoms with Crippen molar-refractivity contribution in [2.45, 2.75) is 56.7 Å². The minimum Gasteiger partial charge on any atom is -0.398 e. The third-order valence-electron chi connectivity index (χ3n) is 6.20. The minimum atomic E-state index is -4.53. The fourth-order valence-electron chi connectivity index (χ4n) is 4.58. The Morgan fingerprint density at radius 1 is 1.03 bits per heavy atom. The number of amides is 1. The van der Waals surface area contributed by atoms with Crippen LogP contribution in [-0.2, 0) is 17.4 Å². The largest absolute Gasteiger partial charge is 0.433 e. The number of benzene rings is 2. The third-order valence-corrected chi connectivity index (χ3v) is 6.20. The van der Waals surface area contributed by atoms with Crippen molar-refractivity contribution < 1.29 is 18.0 Å². The second-order valence-corrected chi connectivity index (χ2v) is 8.44. The summed E-state index contributed by atoms with van der Waals surface area (Å²) in [6.45, 7) is 0. The molecule has 0 aliphatic heterocycles. The van der Waals surface area contributed by atoms with E-state index in [4.69, 9.17) is 5.73 Å². The normalized spacial score (nSPS) is 19.1. The summed E-state index contributed by atoms with van der Waals surface area (Å²) in [5, 5.41) is 3.74. The molecule has 1 saturated carbocycles. The number of fused-ring (bicyclic) bond motifs is 1. The lowest BCUT2D eigenvalue weighted by atomic mass is 9.80. The van der Waals surface area contributed by atoms with Crippen molar-refractivity contribution in [2.75, 3.05) is 5.73 Å². The van der Waals surface area contributed by atoms with Gasteiger partial charge in [0.05, 0.1) is 5.52 Å². The zero-order valence-corrected chi connectivity index (χ0v) is 17.7. The molecule has 0 spiro atoms. The van der Waals surface area contributed by atoms with Crippen LogP contribution in [0.25, 0.3) is 10.9 Å². The number of aromatic nitrogens is 1. The lowest BCUT2D eigenvalue weighted by Crippen LogP contribution is -2.37. The lowest BCUT2D eigenvalue weighted by Gasteiger charge is -2.30. The molecule has 0 atom stereocenters. The second kappa shape index (κ2) is 9.18. The molecule has 2 aromatic carbocycles. The number of rotatable bonds is 5. The Labute approximate surface area is 185 Å². The van der Waals surface area contributed by atoms with Crippen molar-refractivity contribution in [3.63, 3.8) is 0 Å². The SMILES string of the molecule is Nc1cc(C(F)(F)F)nc2cccc(C3CCC(NC(=O)CCc4ccccc4)CC3)c12. The summed E-state index contributed by atoms with van der Waals surface area (Å²) in [4.78, 5) is 16.1. The average molecular weight is 441 g/mol. The molecule has 1 amide bonds. The van der Waals surface area contributed by atoms with E-state index in [0.29, 0.717) is 18.2 Å². The Balaban J connectivity index is 1.39. The molecule has 1 aromatic heterocycles. The Hall–Kier alpha value is -3.09. The zero-order chi connectivity index (χ0) is 22.7. The first-order valence-electron chi connectivity index (χ1n) is 10.9. The number of halogens is 3. The van der Waals surface area contributed by atoms with Crippen LogP contribution in [0.15, 0.2) is 54.6 Å². The smallest absolute Gasteiger partial charge is 0.398 e. The number of carbonyl (C=O) groups is 1. The van der Waals surface area contributed by atoms with Crippen LogP contribution < -0.4 is 11.1 Å². The molecule has 3 aromatic rings. The van der Waals surface area contributed by atoms with Crippen LogP contribution in [0.3, 0.4) is 0 Å². The standard InChI is InChI=1S/C25H26F3N3O/c26-25(27,28)22-15-20(29)24-19(7-4-8-21(24)31-22)17-10-12-18(13-11-17)30-23(32)14-9-16-5-2-1-3-6-16/h1-8,15,17-18H,9-14H2,(H2,29,31)(H,30,32). The number of nitrogens with zero attached hydrogens (tertiary/aromatic N) is 1. The number of alkyl halides is 3. The molecule has 32 heavy (non-hydrogen) atoms. The van der Waals surface area contributed by atoms with Gasteiger partial charge in [0, 0.05) is 23.5 Å². The van der Waals surface area contributed by atoms with Crippen LogP contribution in [0.1, 0.15) is 54.8 Å². The maximum absolute atomic E-state index is 13.1. The zero-order valence-electron chi connectivity index (χ0n) is 17.7. The molecular weight excluding hydrogens is 415 g/mol. The fraction of sp³-hybridized carbons (Fsp3) is 0.360. The number of carbonyl (C=O) groups excluding carboxylic acids is 1. The van der Waals surface area contributed by atoms with E-state index in [9.17, 15) is 18.0 Å². The molecular formula is C25H26F3N3O. The molecule has 7 heteroatoms. The van der Waals surface area contributed by atoms with Gasteiger partial charge >= 0.3 is 6.18 Å². The summed E-state index contributed by atoms with van der Waals surface area (Å²) in [6.07, 6.45) is -0.0407. The number of pyridine rings is 1. The van der Waals surface area contributed by atoms with Crippen LogP contribution in [0.5, 0.6) is 0 Å². The summed E-state index contributed by atoms with van der Waals surface area (Å²) in [5.74, 6) is 0.229. The van der Waals surface area contributed by atoms with Gasteiger partial charge in [-0.25, -0.2) is 4.98 Å². The van der Waals surface area contributed by atoms with Crippen molar-refractivity contribution in [1.82, 2.24) is 10.3 Å². The highest BCUT2D eigenvalue weighted by Gasteiger charge is 2.34. The molecule has 1 aliphatic rings. The number of nitrogens with one attached hydrogen (secondary N) is 1. The van der Waals surface area contributed by atoms with Gasteiger partial charge in [-0.2, -0.15) is 13.2 Å². The Morgan fingerprint density at radius 2 is 1.75 bits per heavy atom. The van der Waals surface area contributed by atoms with E-state index in [1.807, 2.05) is 36.4 Å².